The third-order valence-electron chi connectivity index (χ3n) is 4.03. The third kappa shape index (κ3) is 7.93. The van der Waals surface area contributed by atoms with Gasteiger partial charge in [-0.25, -0.2) is 0 Å². The van der Waals surface area contributed by atoms with E-state index < -0.39 is 0 Å². The third-order valence-corrected chi connectivity index (χ3v) is 5.24. The molecule has 0 bridgehead atoms. The van der Waals surface area contributed by atoms with Gasteiger partial charge >= 0.3 is 0 Å². The summed E-state index contributed by atoms with van der Waals surface area (Å²) in [5.74, 6) is -0.340. The Hall–Kier alpha value is -1.31. The van der Waals surface area contributed by atoms with Crippen molar-refractivity contribution in [3.63, 3.8) is 0 Å². The zero-order valence-electron chi connectivity index (χ0n) is 14.9. The van der Waals surface area contributed by atoms with E-state index >= 15 is 0 Å². The second-order valence-corrected chi connectivity index (χ2v) is 7.55. The summed E-state index contributed by atoms with van der Waals surface area (Å²) in [7, 11) is 0. The lowest BCUT2D eigenvalue weighted by Crippen LogP contribution is -2.33. The van der Waals surface area contributed by atoms with Crippen LogP contribution in [0.15, 0.2) is 24.3 Å². The number of imide groups is 1. The highest BCUT2D eigenvalue weighted by Crippen LogP contribution is 2.22. The van der Waals surface area contributed by atoms with E-state index in [4.69, 9.17) is 4.52 Å². The fourth-order valence-electron chi connectivity index (χ4n) is 2.48. The molecule has 0 spiro atoms. The maximum atomic E-state index is 11.6. The Balaban J connectivity index is 2.82. The Bertz CT molecular complexity index is 640. The molecule has 3 amide bonds. The van der Waals surface area contributed by atoms with Gasteiger partial charge in [-0.3, -0.25) is 19.7 Å². The van der Waals surface area contributed by atoms with E-state index in [2.05, 4.69) is 27.4 Å². The van der Waals surface area contributed by atoms with E-state index in [9.17, 15) is 14.4 Å². The van der Waals surface area contributed by atoms with Gasteiger partial charge in [-0.1, -0.05) is 30.4 Å². The second kappa shape index (κ2) is 12.9. The van der Waals surface area contributed by atoms with Crippen LogP contribution < -0.4 is 5.32 Å². The predicted molar refractivity (Wildman–Crippen MR) is 113 cm³/mol. The topological polar surface area (TPSA) is 75.7 Å². The molecule has 0 radical (unpaired) electrons. The van der Waals surface area contributed by atoms with E-state index in [0.29, 0.717) is 32.4 Å². The number of aryl methyl sites for hydroxylation is 1. The van der Waals surface area contributed by atoms with Crippen molar-refractivity contribution in [1.29, 1.82) is 0 Å². The summed E-state index contributed by atoms with van der Waals surface area (Å²) in [5.41, 5.74) is 3.21. The lowest BCUT2D eigenvalue weighted by Gasteiger charge is -2.26. The van der Waals surface area contributed by atoms with Crippen LogP contribution >= 0.6 is 28.5 Å². The van der Waals surface area contributed by atoms with Crippen LogP contribution in [0.2, 0.25) is 0 Å². The summed E-state index contributed by atoms with van der Waals surface area (Å²) in [6, 6.07) is 5.89. The standard InChI is InChI=1S/C18H24IN2O4P/c1-14-5-3-6-16(7-4-10-25-26-19)17(14)11-21(13-23)15(2)8-9-18(24)20-12-22/h3-7,12-13,15,26H,8-11H2,1-2H3,(H,20,22,24)/b7-4+. The molecule has 6 nitrogen and oxygen atoms in total. The average molecular weight is 490 g/mol. The maximum Gasteiger partial charge on any atom is 0.226 e. The monoisotopic (exact) mass is 490 g/mol. The van der Waals surface area contributed by atoms with E-state index in [1.807, 2.05) is 44.2 Å². The van der Waals surface area contributed by atoms with Crippen LogP contribution in [0.4, 0.5) is 0 Å². The second-order valence-electron chi connectivity index (χ2n) is 5.78. The molecule has 0 aliphatic heterocycles. The maximum absolute atomic E-state index is 11.6. The highest BCUT2D eigenvalue weighted by molar-refractivity contribution is 14.2. The number of hydrogen-bond acceptors (Lipinski definition) is 4. The van der Waals surface area contributed by atoms with E-state index in [-0.39, 0.29) is 18.4 Å². The first kappa shape index (κ1) is 22.7. The highest BCUT2D eigenvalue weighted by Gasteiger charge is 2.16. The van der Waals surface area contributed by atoms with Crippen molar-refractivity contribution in [2.45, 2.75) is 39.3 Å². The van der Waals surface area contributed by atoms with Gasteiger partial charge < -0.3 is 9.42 Å². The molecule has 1 aromatic carbocycles. The van der Waals surface area contributed by atoms with Crippen LogP contribution in [0, 0.1) is 6.92 Å². The van der Waals surface area contributed by atoms with Crippen LogP contribution in [0.3, 0.4) is 0 Å². The van der Waals surface area contributed by atoms with Crippen molar-refractivity contribution < 1.29 is 18.9 Å². The minimum Gasteiger partial charge on any atom is -0.348 e. The van der Waals surface area contributed by atoms with Gasteiger partial charge in [0, 0.05) is 19.0 Å². The van der Waals surface area contributed by atoms with Crippen LogP contribution in [-0.2, 0) is 25.5 Å². The molecular weight excluding hydrogens is 466 g/mol. The van der Waals surface area contributed by atoms with Gasteiger partial charge in [-0.2, -0.15) is 0 Å². The summed E-state index contributed by atoms with van der Waals surface area (Å²) >= 11 is 2.18. The molecule has 8 heteroatoms. The SMILES string of the molecule is Cc1cccc(/C=C/COPI)c1CN(C=O)C(C)CCC(=O)NC=O. The molecule has 0 saturated carbocycles. The Kier molecular flexibility index (Phi) is 11.3. The lowest BCUT2D eigenvalue weighted by atomic mass is 10.00. The van der Waals surface area contributed by atoms with Crippen LogP contribution in [0.25, 0.3) is 6.08 Å². The first-order valence-electron chi connectivity index (χ1n) is 8.20. The van der Waals surface area contributed by atoms with Crippen molar-refractivity contribution in [2.24, 2.45) is 0 Å². The number of halogens is 1. The molecule has 0 aliphatic rings. The summed E-state index contributed by atoms with van der Waals surface area (Å²) < 4.78 is 5.34. The molecule has 1 rings (SSSR count). The number of hydrogen-bond donors (Lipinski definition) is 1. The van der Waals surface area contributed by atoms with Gasteiger partial charge in [0.25, 0.3) is 0 Å². The van der Waals surface area contributed by atoms with Gasteiger partial charge in [-0.05, 0) is 59.0 Å². The lowest BCUT2D eigenvalue weighted by molar-refractivity contribution is -0.126. The molecule has 0 aromatic heterocycles. The van der Waals surface area contributed by atoms with Crippen molar-refractivity contribution in [3.8, 4) is 0 Å². The van der Waals surface area contributed by atoms with Gasteiger partial charge in [0.2, 0.25) is 18.7 Å². The number of nitrogens with one attached hydrogen (secondary N) is 1. The highest BCUT2D eigenvalue weighted by atomic mass is 127. The Morgan fingerprint density at radius 2 is 2.19 bits per heavy atom. The van der Waals surface area contributed by atoms with Crippen LogP contribution in [-0.4, -0.2) is 36.3 Å². The number of nitrogens with zero attached hydrogens (tertiary/aromatic N) is 1. The normalized spacial score (nSPS) is 12.4. The quantitative estimate of drug-likeness (QED) is 0.211. The van der Waals surface area contributed by atoms with E-state index in [0.717, 1.165) is 23.1 Å². The first-order valence-corrected chi connectivity index (χ1v) is 12.2. The molecule has 0 fully saturated rings. The van der Waals surface area contributed by atoms with Crippen LogP contribution in [0.5, 0.6) is 0 Å². The summed E-state index contributed by atoms with van der Waals surface area (Å²) in [6.45, 7) is 5.34. The number of carbonyl (C=O) groups is 3. The minimum absolute atomic E-state index is 0.120. The molecule has 1 N–H and O–H groups in total. The van der Waals surface area contributed by atoms with Crippen molar-refractivity contribution in [2.75, 3.05) is 6.61 Å². The number of carbonyl (C=O) groups excluding carboxylic acids is 3. The molecule has 0 heterocycles. The van der Waals surface area contributed by atoms with Gasteiger partial charge in [0.05, 0.1) is 13.1 Å². The summed E-state index contributed by atoms with van der Waals surface area (Å²) in [5, 5.41) is 2.11. The molecule has 142 valence electrons. The molecule has 2 unspecified atom stereocenters. The average Bonchev–Trinajstić information content (AvgIpc) is 2.63. The number of benzene rings is 1. The fraction of sp³-hybridized carbons (Fsp3) is 0.389. The number of amides is 3. The van der Waals surface area contributed by atoms with Crippen LogP contribution in [0.1, 0.15) is 36.5 Å². The fourth-order valence-corrected chi connectivity index (χ4v) is 3.17. The minimum atomic E-state index is -0.340. The zero-order chi connectivity index (χ0) is 19.4. The Morgan fingerprint density at radius 3 is 2.85 bits per heavy atom. The molecular formula is C18H24IN2O4P. The number of rotatable bonds is 12. The Morgan fingerprint density at radius 1 is 1.42 bits per heavy atom. The van der Waals surface area contributed by atoms with Crippen molar-refractivity contribution >= 4 is 53.3 Å². The molecule has 0 saturated heterocycles. The van der Waals surface area contributed by atoms with Crippen molar-refractivity contribution in [1.82, 2.24) is 10.2 Å². The zero-order valence-corrected chi connectivity index (χ0v) is 18.1. The van der Waals surface area contributed by atoms with E-state index in [1.54, 1.807) is 4.90 Å². The first-order chi connectivity index (χ1) is 12.5. The Labute approximate surface area is 169 Å². The largest absolute Gasteiger partial charge is 0.348 e. The molecule has 2 atom stereocenters. The summed E-state index contributed by atoms with van der Waals surface area (Å²) in [4.78, 5) is 35.0. The molecule has 26 heavy (non-hydrogen) atoms. The van der Waals surface area contributed by atoms with E-state index in [1.165, 1.54) is 0 Å². The van der Waals surface area contributed by atoms with Gasteiger partial charge in [0.15, 0.2) is 0 Å². The smallest absolute Gasteiger partial charge is 0.226 e. The van der Waals surface area contributed by atoms with Gasteiger partial charge in [-0.15, -0.1) is 0 Å². The summed E-state index contributed by atoms with van der Waals surface area (Å²) in [6.07, 6.45) is 5.83. The predicted octanol–water partition coefficient (Wildman–Crippen LogP) is 3.37. The van der Waals surface area contributed by atoms with Gasteiger partial charge in [0.1, 0.15) is 0 Å². The molecule has 1 aromatic rings. The molecule has 0 aliphatic carbocycles. The van der Waals surface area contributed by atoms with Crippen molar-refractivity contribution in [3.05, 3.63) is 41.0 Å².